The maximum atomic E-state index is 12.3. The van der Waals surface area contributed by atoms with E-state index in [9.17, 15) is 9.59 Å². The number of aryl methyl sites for hydroxylation is 2. The first-order valence-electron chi connectivity index (χ1n) is 7.39. The second kappa shape index (κ2) is 6.28. The van der Waals surface area contributed by atoms with E-state index in [1.165, 1.54) is 0 Å². The van der Waals surface area contributed by atoms with Gasteiger partial charge in [0.1, 0.15) is 0 Å². The van der Waals surface area contributed by atoms with Crippen molar-refractivity contribution >= 4 is 11.9 Å². The quantitative estimate of drug-likeness (QED) is 0.907. The zero-order chi connectivity index (χ0) is 15.6. The highest BCUT2D eigenvalue weighted by Gasteiger charge is 2.28. The Morgan fingerprint density at radius 3 is 2.67 bits per heavy atom. The van der Waals surface area contributed by atoms with Gasteiger partial charge in [0, 0.05) is 32.3 Å². The number of likely N-dealkylation sites (tertiary alicyclic amines) is 1. The normalized spacial score (nSPS) is 18.8. The lowest BCUT2D eigenvalue weighted by atomic mass is 9.97. The van der Waals surface area contributed by atoms with Gasteiger partial charge < -0.3 is 10.0 Å². The van der Waals surface area contributed by atoms with Gasteiger partial charge in [0.05, 0.1) is 11.6 Å². The smallest absolute Gasteiger partial charge is 0.308 e. The highest BCUT2D eigenvalue weighted by molar-refractivity contribution is 5.78. The molecule has 21 heavy (non-hydrogen) atoms. The zero-order valence-electron chi connectivity index (χ0n) is 12.9. The van der Waals surface area contributed by atoms with Crippen molar-refractivity contribution in [1.82, 2.24) is 14.7 Å². The van der Waals surface area contributed by atoms with E-state index < -0.39 is 11.9 Å². The summed E-state index contributed by atoms with van der Waals surface area (Å²) >= 11 is 0. The van der Waals surface area contributed by atoms with Crippen LogP contribution in [0.3, 0.4) is 0 Å². The van der Waals surface area contributed by atoms with Crippen LogP contribution in [0.4, 0.5) is 0 Å². The monoisotopic (exact) mass is 293 g/mol. The number of nitrogens with zero attached hydrogens (tertiary/aromatic N) is 3. The van der Waals surface area contributed by atoms with Crippen molar-refractivity contribution in [3.05, 3.63) is 17.0 Å². The summed E-state index contributed by atoms with van der Waals surface area (Å²) < 4.78 is 1.83. The molecule has 6 nitrogen and oxygen atoms in total. The predicted octanol–water partition coefficient (Wildman–Crippen LogP) is 1.29. The Balaban J connectivity index is 1.94. The minimum Gasteiger partial charge on any atom is -0.481 e. The molecule has 1 saturated heterocycles. The number of carboxylic acid groups (broad SMARTS) is 1. The summed E-state index contributed by atoms with van der Waals surface area (Å²) in [5.41, 5.74) is 3.17. The average Bonchev–Trinajstić information content (AvgIpc) is 2.70. The van der Waals surface area contributed by atoms with Gasteiger partial charge in [-0.2, -0.15) is 5.10 Å². The molecule has 0 aliphatic carbocycles. The fourth-order valence-corrected chi connectivity index (χ4v) is 2.97. The molecule has 2 rings (SSSR count). The first-order chi connectivity index (χ1) is 9.90. The lowest BCUT2D eigenvalue weighted by Gasteiger charge is -2.30. The highest BCUT2D eigenvalue weighted by Crippen LogP contribution is 2.19. The summed E-state index contributed by atoms with van der Waals surface area (Å²) in [4.78, 5) is 25.0. The van der Waals surface area contributed by atoms with Crippen LogP contribution in [-0.2, 0) is 23.1 Å². The molecular formula is C15H23N3O3. The lowest BCUT2D eigenvalue weighted by molar-refractivity contribution is -0.145. The minimum atomic E-state index is -0.800. The van der Waals surface area contributed by atoms with Gasteiger partial charge in [-0.15, -0.1) is 0 Å². The van der Waals surface area contributed by atoms with Crippen LogP contribution in [0.25, 0.3) is 0 Å². The first kappa shape index (κ1) is 15.5. The number of carboxylic acids is 1. The molecule has 1 fully saturated rings. The van der Waals surface area contributed by atoms with Crippen molar-refractivity contribution < 1.29 is 14.7 Å². The number of aromatic nitrogens is 2. The SMILES string of the molecule is Cc1nn(C)c(C)c1CCC(=O)N1CCCC(C(=O)O)C1. The summed E-state index contributed by atoms with van der Waals surface area (Å²) in [6.45, 7) is 4.97. The van der Waals surface area contributed by atoms with Crippen LogP contribution in [0.15, 0.2) is 0 Å². The predicted molar refractivity (Wildman–Crippen MR) is 77.9 cm³/mol. The third kappa shape index (κ3) is 3.43. The number of amides is 1. The summed E-state index contributed by atoms with van der Waals surface area (Å²) in [5, 5.41) is 13.4. The number of aliphatic carboxylic acids is 1. The molecule has 1 aromatic heterocycles. The van der Waals surface area contributed by atoms with Crippen LogP contribution in [-0.4, -0.2) is 44.8 Å². The number of carbonyl (C=O) groups is 2. The Hall–Kier alpha value is -1.85. The zero-order valence-corrected chi connectivity index (χ0v) is 12.9. The van der Waals surface area contributed by atoms with Crippen LogP contribution >= 0.6 is 0 Å². The third-order valence-corrected chi connectivity index (χ3v) is 4.37. The van der Waals surface area contributed by atoms with E-state index in [1.54, 1.807) is 4.90 Å². The summed E-state index contributed by atoms with van der Waals surface area (Å²) in [7, 11) is 1.90. The van der Waals surface area contributed by atoms with E-state index in [-0.39, 0.29) is 5.91 Å². The van der Waals surface area contributed by atoms with Gasteiger partial charge in [0.15, 0.2) is 0 Å². The average molecular weight is 293 g/mol. The number of piperidine rings is 1. The molecular weight excluding hydrogens is 270 g/mol. The van der Waals surface area contributed by atoms with Crippen molar-refractivity contribution in [2.75, 3.05) is 13.1 Å². The molecule has 116 valence electrons. The molecule has 1 N–H and O–H groups in total. The molecule has 2 heterocycles. The van der Waals surface area contributed by atoms with Gasteiger partial charge in [-0.1, -0.05) is 0 Å². The Bertz CT molecular complexity index is 551. The topological polar surface area (TPSA) is 75.4 Å². The van der Waals surface area contributed by atoms with E-state index in [4.69, 9.17) is 5.11 Å². The van der Waals surface area contributed by atoms with Gasteiger partial charge >= 0.3 is 5.97 Å². The van der Waals surface area contributed by atoms with E-state index in [2.05, 4.69) is 5.10 Å². The number of hydrogen-bond acceptors (Lipinski definition) is 3. The fourth-order valence-electron chi connectivity index (χ4n) is 2.97. The maximum Gasteiger partial charge on any atom is 0.308 e. The minimum absolute atomic E-state index is 0.0450. The van der Waals surface area contributed by atoms with Gasteiger partial charge in [0.25, 0.3) is 0 Å². The Morgan fingerprint density at radius 1 is 1.38 bits per heavy atom. The maximum absolute atomic E-state index is 12.3. The van der Waals surface area contributed by atoms with Crippen molar-refractivity contribution in [2.24, 2.45) is 13.0 Å². The molecule has 1 atom stereocenters. The van der Waals surface area contributed by atoms with Gasteiger partial charge in [-0.3, -0.25) is 14.3 Å². The molecule has 0 saturated carbocycles. The van der Waals surface area contributed by atoms with E-state index in [0.717, 1.165) is 23.4 Å². The van der Waals surface area contributed by atoms with Crippen LogP contribution in [0.5, 0.6) is 0 Å². The first-order valence-corrected chi connectivity index (χ1v) is 7.39. The summed E-state index contributed by atoms with van der Waals surface area (Å²) in [6, 6.07) is 0. The molecule has 0 bridgehead atoms. The van der Waals surface area contributed by atoms with E-state index in [0.29, 0.717) is 32.4 Å². The molecule has 1 amide bonds. The summed E-state index contributed by atoms with van der Waals surface area (Å²) in [5.74, 6) is -1.17. The Kier molecular flexibility index (Phi) is 4.65. The number of rotatable bonds is 4. The molecule has 1 aromatic rings. The fraction of sp³-hybridized carbons (Fsp3) is 0.667. The molecule has 0 aromatic carbocycles. The Morgan fingerprint density at radius 2 is 2.10 bits per heavy atom. The lowest BCUT2D eigenvalue weighted by Crippen LogP contribution is -2.42. The standard InChI is InChI=1S/C15H23N3O3/c1-10-13(11(2)17(3)16-10)6-7-14(19)18-8-4-5-12(9-18)15(20)21/h12H,4-9H2,1-3H3,(H,20,21). The van der Waals surface area contributed by atoms with Gasteiger partial charge in [-0.25, -0.2) is 0 Å². The molecule has 0 spiro atoms. The van der Waals surface area contributed by atoms with Crippen LogP contribution in [0, 0.1) is 19.8 Å². The van der Waals surface area contributed by atoms with Crippen molar-refractivity contribution in [2.45, 2.75) is 39.5 Å². The molecule has 1 aliphatic rings. The molecule has 1 unspecified atom stereocenters. The molecule has 0 radical (unpaired) electrons. The van der Waals surface area contributed by atoms with Crippen LogP contribution in [0.1, 0.15) is 36.2 Å². The molecule has 6 heteroatoms. The largest absolute Gasteiger partial charge is 0.481 e. The number of carbonyl (C=O) groups excluding carboxylic acids is 1. The third-order valence-electron chi connectivity index (χ3n) is 4.37. The van der Waals surface area contributed by atoms with E-state index >= 15 is 0 Å². The van der Waals surface area contributed by atoms with Crippen molar-refractivity contribution in [1.29, 1.82) is 0 Å². The highest BCUT2D eigenvalue weighted by atomic mass is 16.4. The van der Waals surface area contributed by atoms with Gasteiger partial charge in [0.2, 0.25) is 5.91 Å². The van der Waals surface area contributed by atoms with Crippen LogP contribution in [0.2, 0.25) is 0 Å². The second-order valence-corrected chi connectivity index (χ2v) is 5.79. The number of hydrogen-bond donors (Lipinski definition) is 1. The second-order valence-electron chi connectivity index (χ2n) is 5.79. The van der Waals surface area contributed by atoms with Gasteiger partial charge in [-0.05, 0) is 38.7 Å². The molecule has 1 aliphatic heterocycles. The van der Waals surface area contributed by atoms with Crippen LogP contribution < -0.4 is 0 Å². The summed E-state index contributed by atoms with van der Waals surface area (Å²) in [6.07, 6.45) is 2.52. The van der Waals surface area contributed by atoms with Crippen molar-refractivity contribution in [3.8, 4) is 0 Å². The Labute approximate surface area is 124 Å². The van der Waals surface area contributed by atoms with E-state index in [1.807, 2.05) is 25.6 Å². The van der Waals surface area contributed by atoms with Crippen molar-refractivity contribution in [3.63, 3.8) is 0 Å².